The van der Waals surface area contributed by atoms with Crippen molar-refractivity contribution in [1.82, 2.24) is 14.5 Å². The van der Waals surface area contributed by atoms with Gasteiger partial charge in [-0.1, -0.05) is 11.6 Å². The molecule has 0 spiro atoms. The number of hydrogen-bond donors (Lipinski definition) is 1. The monoisotopic (exact) mass is 429 g/mol. The molecule has 1 aliphatic heterocycles. The number of thiophene rings is 1. The van der Waals surface area contributed by atoms with E-state index in [0.29, 0.717) is 12.3 Å². The smallest absolute Gasteiger partial charge is 0.240 e. The number of likely N-dealkylation sites (N-methyl/N-ethyl adjacent to an activating group) is 1. The average Bonchev–Trinajstić information content (AvgIpc) is 3.17. The maximum Gasteiger partial charge on any atom is 0.240 e. The molecular formula is C18H24ClN3O3S2. The molecule has 0 aliphatic carbocycles. The lowest BCUT2D eigenvalue weighted by Gasteiger charge is -2.37. The first kappa shape index (κ1) is 20.6. The lowest BCUT2D eigenvalue weighted by Crippen LogP contribution is -2.48. The second-order valence-corrected chi connectivity index (χ2v) is 9.51. The predicted molar refractivity (Wildman–Crippen MR) is 109 cm³/mol. The normalized spacial score (nSPS) is 17.7. The number of nitrogens with zero attached hydrogens (tertiary/aromatic N) is 2. The van der Waals surface area contributed by atoms with Crippen LogP contribution in [0.15, 0.2) is 39.9 Å². The molecule has 0 radical (unpaired) electrons. The number of hydrogen-bond acceptors (Lipinski definition) is 6. The number of piperazine rings is 1. The SMILES string of the molecule is COc1ccc(S(=O)(=O)NCC(c2ccsc2)N2CCN(C)CC2)cc1Cl. The molecule has 1 aromatic heterocycles. The molecule has 1 unspecified atom stereocenters. The van der Waals surface area contributed by atoms with Gasteiger partial charge in [-0.2, -0.15) is 11.3 Å². The Kier molecular flexibility index (Phi) is 6.78. The molecule has 9 heteroatoms. The lowest BCUT2D eigenvalue weighted by molar-refractivity contribution is 0.113. The molecule has 1 aromatic carbocycles. The molecule has 2 heterocycles. The number of ether oxygens (including phenoxy) is 1. The summed E-state index contributed by atoms with van der Waals surface area (Å²) in [6.45, 7) is 4.08. The van der Waals surface area contributed by atoms with Gasteiger partial charge in [-0.15, -0.1) is 0 Å². The molecule has 1 saturated heterocycles. The van der Waals surface area contributed by atoms with Crippen LogP contribution in [0.25, 0.3) is 0 Å². The number of nitrogens with one attached hydrogen (secondary N) is 1. The summed E-state index contributed by atoms with van der Waals surface area (Å²) in [5.74, 6) is 0.448. The van der Waals surface area contributed by atoms with Gasteiger partial charge >= 0.3 is 0 Å². The van der Waals surface area contributed by atoms with E-state index in [1.54, 1.807) is 17.4 Å². The van der Waals surface area contributed by atoms with Crippen LogP contribution < -0.4 is 9.46 Å². The molecule has 1 aliphatic rings. The molecule has 148 valence electrons. The second kappa shape index (κ2) is 8.89. The Labute approximate surface area is 169 Å². The number of sulfonamides is 1. The molecule has 2 aromatic rings. The minimum atomic E-state index is -3.67. The van der Waals surface area contributed by atoms with Crippen molar-refractivity contribution in [3.63, 3.8) is 0 Å². The van der Waals surface area contributed by atoms with Gasteiger partial charge in [-0.3, -0.25) is 4.90 Å². The van der Waals surface area contributed by atoms with E-state index in [0.717, 1.165) is 31.7 Å². The number of rotatable bonds is 7. The maximum atomic E-state index is 12.8. The van der Waals surface area contributed by atoms with Crippen LogP contribution in [-0.2, 0) is 10.0 Å². The van der Waals surface area contributed by atoms with Crippen molar-refractivity contribution in [3.05, 3.63) is 45.6 Å². The van der Waals surface area contributed by atoms with Gasteiger partial charge in [0.05, 0.1) is 17.0 Å². The van der Waals surface area contributed by atoms with Gasteiger partial charge in [0.15, 0.2) is 0 Å². The van der Waals surface area contributed by atoms with Crippen LogP contribution >= 0.6 is 22.9 Å². The molecule has 0 amide bonds. The molecule has 0 bridgehead atoms. The third kappa shape index (κ3) is 5.01. The number of methoxy groups -OCH3 is 1. The molecule has 27 heavy (non-hydrogen) atoms. The zero-order chi connectivity index (χ0) is 19.4. The molecule has 1 N–H and O–H groups in total. The predicted octanol–water partition coefficient (Wildman–Crippen LogP) is 2.68. The van der Waals surface area contributed by atoms with Gasteiger partial charge in [-0.25, -0.2) is 13.1 Å². The average molecular weight is 430 g/mol. The summed E-state index contributed by atoms with van der Waals surface area (Å²) in [4.78, 5) is 4.76. The van der Waals surface area contributed by atoms with E-state index in [-0.39, 0.29) is 16.0 Å². The first-order chi connectivity index (χ1) is 12.9. The minimum absolute atomic E-state index is 0.00782. The molecule has 3 rings (SSSR count). The Morgan fingerprint density at radius 2 is 2.00 bits per heavy atom. The summed E-state index contributed by atoms with van der Waals surface area (Å²) in [6, 6.07) is 6.55. The standard InChI is InChI=1S/C18H24ClN3O3S2/c1-21-6-8-22(9-7-21)17(14-5-10-26-13-14)12-20-27(23,24)15-3-4-18(25-2)16(19)11-15/h3-5,10-11,13,17,20H,6-9,12H2,1-2H3. The minimum Gasteiger partial charge on any atom is -0.495 e. The van der Waals surface area contributed by atoms with E-state index in [1.165, 1.54) is 19.2 Å². The zero-order valence-electron chi connectivity index (χ0n) is 15.4. The van der Waals surface area contributed by atoms with Gasteiger partial charge in [0, 0.05) is 38.8 Å². The van der Waals surface area contributed by atoms with Crippen LogP contribution in [-0.4, -0.2) is 65.1 Å². The fourth-order valence-electron chi connectivity index (χ4n) is 3.14. The largest absolute Gasteiger partial charge is 0.495 e. The maximum absolute atomic E-state index is 12.8. The van der Waals surface area contributed by atoms with Crippen LogP contribution in [0.3, 0.4) is 0 Å². The van der Waals surface area contributed by atoms with E-state index in [9.17, 15) is 8.42 Å². The highest BCUT2D eigenvalue weighted by atomic mass is 35.5. The Balaban J connectivity index is 1.75. The highest BCUT2D eigenvalue weighted by Crippen LogP contribution is 2.28. The van der Waals surface area contributed by atoms with E-state index in [2.05, 4.69) is 33.0 Å². The van der Waals surface area contributed by atoms with E-state index in [1.807, 2.05) is 5.38 Å². The van der Waals surface area contributed by atoms with Gasteiger partial charge < -0.3 is 9.64 Å². The van der Waals surface area contributed by atoms with Crippen molar-refractivity contribution in [2.24, 2.45) is 0 Å². The first-order valence-corrected chi connectivity index (χ1v) is 11.5. The highest BCUT2D eigenvalue weighted by Gasteiger charge is 2.26. The molecule has 1 fully saturated rings. The van der Waals surface area contributed by atoms with Crippen molar-refractivity contribution in [1.29, 1.82) is 0 Å². The molecule has 1 atom stereocenters. The molecular weight excluding hydrogens is 406 g/mol. The van der Waals surface area contributed by atoms with Crippen LogP contribution in [0.1, 0.15) is 11.6 Å². The third-order valence-corrected chi connectivity index (χ3v) is 7.22. The fraction of sp³-hybridized carbons (Fsp3) is 0.444. The van der Waals surface area contributed by atoms with Crippen molar-refractivity contribution in [2.75, 3.05) is 46.9 Å². The van der Waals surface area contributed by atoms with Gasteiger partial charge in [0.1, 0.15) is 5.75 Å². The van der Waals surface area contributed by atoms with Crippen molar-refractivity contribution in [3.8, 4) is 5.75 Å². The van der Waals surface area contributed by atoms with Crippen LogP contribution in [0.5, 0.6) is 5.75 Å². The summed E-state index contributed by atoms with van der Waals surface area (Å²) in [7, 11) is -0.0676. The Hall–Kier alpha value is -1.16. The summed E-state index contributed by atoms with van der Waals surface area (Å²) in [5.41, 5.74) is 1.14. The summed E-state index contributed by atoms with van der Waals surface area (Å²) < 4.78 is 33.4. The van der Waals surface area contributed by atoms with Crippen molar-refractivity contribution in [2.45, 2.75) is 10.9 Å². The molecule has 6 nitrogen and oxygen atoms in total. The van der Waals surface area contributed by atoms with Gasteiger partial charge in [0.25, 0.3) is 0 Å². The number of benzene rings is 1. The summed E-state index contributed by atoms with van der Waals surface area (Å²) in [5, 5.41) is 4.38. The van der Waals surface area contributed by atoms with Crippen molar-refractivity contribution >= 4 is 33.0 Å². The van der Waals surface area contributed by atoms with Crippen LogP contribution in [0.2, 0.25) is 5.02 Å². The first-order valence-electron chi connectivity index (χ1n) is 8.68. The van der Waals surface area contributed by atoms with Gasteiger partial charge in [-0.05, 0) is 47.6 Å². The highest BCUT2D eigenvalue weighted by molar-refractivity contribution is 7.89. The van der Waals surface area contributed by atoms with Crippen LogP contribution in [0, 0.1) is 0 Å². The summed E-state index contributed by atoms with van der Waals surface area (Å²) >= 11 is 7.71. The van der Waals surface area contributed by atoms with E-state index >= 15 is 0 Å². The topological polar surface area (TPSA) is 61.9 Å². The van der Waals surface area contributed by atoms with E-state index in [4.69, 9.17) is 16.3 Å². The Morgan fingerprint density at radius 1 is 1.26 bits per heavy atom. The van der Waals surface area contributed by atoms with Crippen molar-refractivity contribution < 1.29 is 13.2 Å². The Bertz CT molecular complexity index is 851. The molecule has 0 saturated carbocycles. The Morgan fingerprint density at radius 3 is 2.59 bits per heavy atom. The van der Waals surface area contributed by atoms with Crippen LogP contribution in [0.4, 0.5) is 0 Å². The van der Waals surface area contributed by atoms with E-state index < -0.39 is 10.0 Å². The summed E-state index contributed by atoms with van der Waals surface area (Å²) in [6.07, 6.45) is 0. The van der Waals surface area contributed by atoms with Gasteiger partial charge in [0.2, 0.25) is 10.0 Å². The fourth-order valence-corrected chi connectivity index (χ4v) is 5.24. The third-order valence-electron chi connectivity index (χ3n) is 4.81. The second-order valence-electron chi connectivity index (χ2n) is 6.56. The quantitative estimate of drug-likeness (QED) is 0.733. The number of halogens is 1. The zero-order valence-corrected chi connectivity index (χ0v) is 17.8. The lowest BCUT2D eigenvalue weighted by atomic mass is 10.1.